The summed E-state index contributed by atoms with van der Waals surface area (Å²) in [4.78, 5) is 15.3. The molecule has 0 radical (unpaired) electrons. The predicted molar refractivity (Wildman–Crippen MR) is 141 cm³/mol. The van der Waals surface area contributed by atoms with Gasteiger partial charge in [-0.05, 0) is 43.7 Å². The van der Waals surface area contributed by atoms with Crippen molar-refractivity contribution in [2.75, 3.05) is 6.61 Å². The van der Waals surface area contributed by atoms with Crippen LogP contribution in [0.5, 0.6) is 5.75 Å². The molecule has 1 atom stereocenters. The van der Waals surface area contributed by atoms with Gasteiger partial charge in [0.25, 0.3) is 0 Å². The zero-order chi connectivity index (χ0) is 25.4. The first-order valence-electron chi connectivity index (χ1n) is 12.1. The molecule has 0 bridgehead atoms. The number of nitrogens with zero attached hydrogens (tertiary/aromatic N) is 2. The summed E-state index contributed by atoms with van der Waals surface area (Å²) in [7, 11) is 1.84. The molecule has 184 valence electrons. The largest absolute Gasteiger partial charge is 0.493 e. The highest BCUT2D eigenvalue weighted by Gasteiger charge is 2.24. The van der Waals surface area contributed by atoms with Gasteiger partial charge in [0.15, 0.2) is 0 Å². The molecule has 0 aliphatic rings. The number of aryl methyl sites for hydroxylation is 2. The molecule has 0 saturated carbocycles. The van der Waals surface area contributed by atoms with Gasteiger partial charge in [0.1, 0.15) is 11.4 Å². The molecule has 0 spiro atoms. The number of hydrogen-bond acceptors (Lipinski definition) is 4. The van der Waals surface area contributed by atoms with Crippen LogP contribution in [0.15, 0.2) is 60.7 Å². The van der Waals surface area contributed by atoms with E-state index in [4.69, 9.17) is 4.74 Å². The van der Waals surface area contributed by atoms with Crippen molar-refractivity contribution < 1.29 is 19.7 Å². The molecule has 0 fully saturated rings. The summed E-state index contributed by atoms with van der Waals surface area (Å²) in [6, 6.07) is 19.9. The highest BCUT2D eigenvalue weighted by atomic mass is 16.5. The molecule has 2 aromatic heterocycles. The van der Waals surface area contributed by atoms with Crippen molar-refractivity contribution in [2.24, 2.45) is 7.05 Å². The van der Waals surface area contributed by atoms with Gasteiger partial charge in [-0.25, -0.2) is 4.79 Å². The van der Waals surface area contributed by atoms with Crippen molar-refractivity contribution in [3.63, 3.8) is 0 Å². The predicted octanol–water partition coefficient (Wildman–Crippen LogP) is 5.79. The summed E-state index contributed by atoms with van der Waals surface area (Å²) >= 11 is 0. The molecule has 3 aromatic carbocycles. The van der Waals surface area contributed by atoms with Crippen LogP contribution in [-0.2, 0) is 13.5 Å². The Morgan fingerprint density at radius 3 is 2.58 bits per heavy atom. The summed E-state index contributed by atoms with van der Waals surface area (Å²) in [6.07, 6.45) is 0.450. The number of aromatic carboxylic acids is 1. The topological polar surface area (TPSA) is 100 Å². The smallest absolute Gasteiger partial charge is 0.352 e. The van der Waals surface area contributed by atoms with E-state index in [1.165, 1.54) is 0 Å². The number of carbonyl (C=O) groups is 1. The number of aliphatic hydroxyl groups is 1. The molecule has 1 unspecified atom stereocenters. The summed E-state index contributed by atoms with van der Waals surface area (Å²) < 4.78 is 7.83. The fourth-order valence-corrected chi connectivity index (χ4v) is 4.94. The van der Waals surface area contributed by atoms with Gasteiger partial charge in [0, 0.05) is 34.6 Å². The average Bonchev–Trinajstić information content (AvgIpc) is 3.39. The number of aromatic nitrogens is 3. The van der Waals surface area contributed by atoms with Gasteiger partial charge < -0.3 is 19.9 Å². The van der Waals surface area contributed by atoms with E-state index in [2.05, 4.69) is 22.2 Å². The Labute approximate surface area is 209 Å². The van der Waals surface area contributed by atoms with Crippen LogP contribution in [-0.4, -0.2) is 37.6 Å². The summed E-state index contributed by atoms with van der Waals surface area (Å²) in [6.45, 7) is 4.09. The number of benzene rings is 3. The van der Waals surface area contributed by atoms with E-state index in [0.717, 1.165) is 49.8 Å². The van der Waals surface area contributed by atoms with E-state index in [-0.39, 0.29) is 5.69 Å². The molecule has 0 aliphatic carbocycles. The summed E-state index contributed by atoms with van der Waals surface area (Å²) in [5.41, 5.74) is 4.78. The third-order valence-corrected chi connectivity index (χ3v) is 6.76. The molecule has 5 rings (SSSR count). The molecule has 0 aliphatic heterocycles. The molecule has 0 amide bonds. The van der Waals surface area contributed by atoms with E-state index >= 15 is 0 Å². The maximum absolute atomic E-state index is 12.2. The molecule has 36 heavy (non-hydrogen) atoms. The van der Waals surface area contributed by atoms with Crippen molar-refractivity contribution in [2.45, 2.75) is 32.8 Å². The maximum atomic E-state index is 12.2. The number of para-hydroxylation sites is 1. The fourth-order valence-electron chi connectivity index (χ4n) is 4.94. The molecular formula is C29H29N3O4. The Balaban J connectivity index is 1.46. The summed E-state index contributed by atoms with van der Waals surface area (Å²) in [5, 5.41) is 27.8. The van der Waals surface area contributed by atoms with Gasteiger partial charge in [0.2, 0.25) is 0 Å². The van der Waals surface area contributed by atoms with Gasteiger partial charge in [-0.2, -0.15) is 5.10 Å². The van der Waals surface area contributed by atoms with Crippen molar-refractivity contribution in [1.29, 1.82) is 0 Å². The van der Waals surface area contributed by atoms with Crippen LogP contribution in [0.3, 0.4) is 0 Å². The van der Waals surface area contributed by atoms with Gasteiger partial charge in [-0.15, -0.1) is 0 Å². The van der Waals surface area contributed by atoms with Crippen LogP contribution in [0.25, 0.3) is 32.8 Å². The molecule has 7 heteroatoms. The monoisotopic (exact) mass is 483 g/mol. The summed E-state index contributed by atoms with van der Waals surface area (Å²) in [5.74, 6) is -0.175. The number of carboxylic acids is 1. The Bertz CT molecular complexity index is 1570. The highest BCUT2D eigenvalue weighted by Crippen LogP contribution is 2.37. The number of nitrogens with one attached hydrogen (secondary N) is 1. The second-order valence-electron chi connectivity index (χ2n) is 9.09. The highest BCUT2D eigenvalue weighted by molar-refractivity contribution is 6.03. The fraction of sp³-hybridized carbons (Fsp3) is 0.241. The third kappa shape index (κ3) is 4.12. The quantitative estimate of drug-likeness (QED) is 0.243. The minimum absolute atomic E-state index is 0.183. The lowest BCUT2D eigenvalue weighted by Gasteiger charge is -2.10. The van der Waals surface area contributed by atoms with E-state index in [1.807, 2.05) is 62.5 Å². The number of aromatic amines is 1. The third-order valence-electron chi connectivity index (χ3n) is 6.76. The standard InChI is InChI=1S/C29H29N3O4/c1-17-25(26(18(2)33)31-32(17)3)23-13-7-12-21-22(28(29(34)35)30-27(21)23)14-8-16-36-24-15-6-10-19-9-4-5-11-20(19)24/h4-7,9-13,15,18,30,33H,8,14,16H2,1-3H3,(H,34,35). The molecule has 7 nitrogen and oxygen atoms in total. The minimum Gasteiger partial charge on any atom is -0.493 e. The number of H-pyrrole nitrogens is 1. The molecular weight excluding hydrogens is 454 g/mol. The van der Waals surface area contributed by atoms with Crippen LogP contribution < -0.4 is 4.74 Å². The molecule has 0 saturated heterocycles. The van der Waals surface area contributed by atoms with Crippen LogP contribution in [0.4, 0.5) is 0 Å². The van der Waals surface area contributed by atoms with Crippen molar-refractivity contribution in [3.8, 4) is 16.9 Å². The van der Waals surface area contributed by atoms with Gasteiger partial charge in [-0.1, -0.05) is 54.6 Å². The normalized spacial score (nSPS) is 12.3. The first-order valence-corrected chi connectivity index (χ1v) is 12.1. The number of carboxylic acid groups (broad SMARTS) is 1. The number of ether oxygens (including phenoxy) is 1. The maximum Gasteiger partial charge on any atom is 0.352 e. The van der Waals surface area contributed by atoms with Crippen LogP contribution in [0.1, 0.15) is 46.9 Å². The second-order valence-corrected chi connectivity index (χ2v) is 9.09. The lowest BCUT2D eigenvalue weighted by atomic mass is 9.97. The van der Waals surface area contributed by atoms with Gasteiger partial charge in [-0.3, -0.25) is 4.68 Å². The van der Waals surface area contributed by atoms with Gasteiger partial charge >= 0.3 is 5.97 Å². The number of fused-ring (bicyclic) bond motifs is 2. The molecule has 2 heterocycles. The Morgan fingerprint density at radius 2 is 1.81 bits per heavy atom. The van der Waals surface area contributed by atoms with E-state index in [0.29, 0.717) is 25.1 Å². The average molecular weight is 484 g/mol. The van der Waals surface area contributed by atoms with E-state index < -0.39 is 12.1 Å². The molecule has 5 aromatic rings. The van der Waals surface area contributed by atoms with Crippen LogP contribution >= 0.6 is 0 Å². The first-order chi connectivity index (χ1) is 17.4. The SMILES string of the molecule is Cc1c(-c2cccc3c(CCCOc4cccc5ccccc45)c(C(=O)O)[nH]c23)c(C(C)O)nn1C. The Hall–Kier alpha value is -4.10. The lowest BCUT2D eigenvalue weighted by molar-refractivity contribution is 0.0690. The van der Waals surface area contributed by atoms with E-state index in [9.17, 15) is 15.0 Å². The number of aliphatic hydroxyl groups excluding tert-OH is 1. The Morgan fingerprint density at radius 1 is 1.08 bits per heavy atom. The minimum atomic E-state index is -0.999. The Kier molecular flexibility index (Phi) is 6.24. The second kappa shape index (κ2) is 9.51. The lowest BCUT2D eigenvalue weighted by Crippen LogP contribution is -2.04. The van der Waals surface area contributed by atoms with Crippen LogP contribution in [0, 0.1) is 6.92 Å². The molecule has 3 N–H and O–H groups in total. The number of hydrogen-bond donors (Lipinski definition) is 3. The van der Waals surface area contributed by atoms with Crippen molar-refractivity contribution >= 4 is 27.6 Å². The zero-order valence-corrected chi connectivity index (χ0v) is 20.6. The van der Waals surface area contributed by atoms with Gasteiger partial charge in [0.05, 0.1) is 23.9 Å². The first kappa shape index (κ1) is 23.6. The van der Waals surface area contributed by atoms with Crippen molar-refractivity contribution in [3.05, 3.63) is 83.3 Å². The number of rotatable bonds is 8. The van der Waals surface area contributed by atoms with Crippen molar-refractivity contribution in [1.82, 2.24) is 14.8 Å². The van der Waals surface area contributed by atoms with E-state index in [1.54, 1.807) is 11.6 Å². The zero-order valence-electron chi connectivity index (χ0n) is 20.6. The van der Waals surface area contributed by atoms with Crippen LogP contribution in [0.2, 0.25) is 0 Å².